The lowest BCUT2D eigenvalue weighted by molar-refractivity contribution is -0.119. The molecule has 0 spiro atoms. The summed E-state index contributed by atoms with van der Waals surface area (Å²) in [6, 6.07) is 11.4. The summed E-state index contributed by atoms with van der Waals surface area (Å²) in [5.41, 5.74) is 1.99. The zero-order valence-electron chi connectivity index (χ0n) is 14.9. The van der Waals surface area contributed by atoms with Crippen LogP contribution in [-0.4, -0.2) is 26.6 Å². The molecule has 28 heavy (non-hydrogen) atoms. The van der Waals surface area contributed by atoms with E-state index < -0.39 is 6.04 Å². The molecule has 3 rings (SSSR count). The third-order valence-corrected chi connectivity index (χ3v) is 4.74. The highest BCUT2D eigenvalue weighted by Crippen LogP contribution is 2.23. The molecule has 1 unspecified atom stereocenters. The van der Waals surface area contributed by atoms with E-state index in [1.165, 1.54) is 17.3 Å². The molecule has 3 aromatic rings. The first-order valence-corrected chi connectivity index (χ1v) is 9.17. The Morgan fingerprint density at radius 3 is 2.32 bits per heavy atom. The lowest BCUT2D eigenvalue weighted by Gasteiger charge is -2.12. The van der Waals surface area contributed by atoms with E-state index in [1.807, 2.05) is 0 Å². The van der Waals surface area contributed by atoms with E-state index in [0.717, 1.165) is 5.56 Å². The van der Waals surface area contributed by atoms with E-state index in [-0.39, 0.29) is 18.2 Å². The molecule has 7 nitrogen and oxygen atoms in total. The summed E-state index contributed by atoms with van der Waals surface area (Å²) in [6.07, 6.45) is 3.03. The Labute approximate surface area is 171 Å². The van der Waals surface area contributed by atoms with Gasteiger partial charge in [-0.05, 0) is 48.9 Å². The summed E-state index contributed by atoms with van der Waals surface area (Å²) in [7, 11) is 0. The lowest BCUT2D eigenvalue weighted by Crippen LogP contribution is -2.24. The van der Waals surface area contributed by atoms with E-state index in [9.17, 15) is 9.59 Å². The van der Waals surface area contributed by atoms with Crippen molar-refractivity contribution in [3.05, 3.63) is 70.7 Å². The SMILES string of the molecule is CC(C(=O)Nc1ccc(NC(=O)Cc2ccc(Cl)c(Cl)c2)cc1)n1cncn1. The number of hydrogen-bond acceptors (Lipinski definition) is 4. The third kappa shape index (κ3) is 5.09. The number of halogens is 2. The monoisotopic (exact) mass is 417 g/mol. The fourth-order valence-corrected chi connectivity index (χ4v) is 2.78. The molecule has 0 aliphatic rings. The summed E-state index contributed by atoms with van der Waals surface area (Å²) in [5, 5.41) is 10.4. The minimum atomic E-state index is -0.493. The normalized spacial score (nSPS) is 11.7. The van der Waals surface area contributed by atoms with Crippen molar-refractivity contribution >= 4 is 46.4 Å². The van der Waals surface area contributed by atoms with Gasteiger partial charge in [-0.1, -0.05) is 29.3 Å². The van der Waals surface area contributed by atoms with Gasteiger partial charge in [-0.15, -0.1) is 0 Å². The quantitative estimate of drug-likeness (QED) is 0.634. The Morgan fingerprint density at radius 1 is 1.04 bits per heavy atom. The number of amides is 2. The van der Waals surface area contributed by atoms with Gasteiger partial charge in [0.1, 0.15) is 18.7 Å². The van der Waals surface area contributed by atoms with Crippen LogP contribution in [0.2, 0.25) is 10.0 Å². The molecule has 0 saturated carbocycles. The van der Waals surface area contributed by atoms with Gasteiger partial charge in [0.05, 0.1) is 16.5 Å². The van der Waals surface area contributed by atoms with Gasteiger partial charge in [-0.2, -0.15) is 5.10 Å². The molecule has 1 heterocycles. The Morgan fingerprint density at radius 2 is 1.71 bits per heavy atom. The van der Waals surface area contributed by atoms with Crippen LogP contribution in [0, 0.1) is 0 Å². The van der Waals surface area contributed by atoms with Gasteiger partial charge in [0.15, 0.2) is 0 Å². The number of carbonyl (C=O) groups is 2. The van der Waals surface area contributed by atoms with E-state index in [2.05, 4.69) is 20.7 Å². The van der Waals surface area contributed by atoms with E-state index in [0.29, 0.717) is 21.4 Å². The molecular weight excluding hydrogens is 401 g/mol. The second-order valence-electron chi connectivity index (χ2n) is 6.09. The molecule has 2 N–H and O–H groups in total. The Kier molecular flexibility index (Phi) is 6.28. The molecule has 0 aliphatic carbocycles. The average molecular weight is 418 g/mol. The van der Waals surface area contributed by atoms with Crippen LogP contribution in [0.3, 0.4) is 0 Å². The standard InChI is InChI=1S/C19H17Cl2N5O2/c1-12(26-11-22-10-23-26)19(28)25-15-5-3-14(4-6-15)24-18(27)9-13-2-7-16(20)17(21)8-13/h2-8,10-12H,9H2,1H3,(H,24,27)(H,25,28). The van der Waals surface area contributed by atoms with Crippen molar-refractivity contribution in [1.29, 1.82) is 0 Å². The number of anilines is 2. The molecule has 0 bridgehead atoms. The van der Waals surface area contributed by atoms with Crippen molar-refractivity contribution in [3.8, 4) is 0 Å². The maximum absolute atomic E-state index is 12.2. The van der Waals surface area contributed by atoms with Crippen molar-refractivity contribution in [1.82, 2.24) is 14.8 Å². The molecule has 0 radical (unpaired) electrons. The molecule has 0 saturated heterocycles. The van der Waals surface area contributed by atoms with Gasteiger partial charge < -0.3 is 10.6 Å². The maximum Gasteiger partial charge on any atom is 0.249 e. The largest absolute Gasteiger partial charge is 0.326 e. The van der Waals surface area contributed by atoms with Gasteiger partial charge in [0.2, 0.25) is 11.8 Å². The first-order valence-electron chi connectivity index (χ1n) is 8.41. The van der Waals surface area contributed by atoms with Crippen molar-refractivity contribution in [2.24, 2.45) is 0 Å². The molecule has 1 atom stereocenters. The Balaban J connectivity index is 1.55. The van der Waals surface area contributed by atoms with Crippen LogP contribution in [0.15, 0.2) is 55.1 Å². The van der Waals surface area contributed by atoms with Crippen LogP contribution < -0.4 is 10.6 Å². The highest BCUT2D eigenvalue weighted by Gasteiger charge is 2.15. The van der Waals surface area contributed by atoms with Crippen molar-refractivity contribution in [2.45, 2.75) is 19.4 Å². The molecule has 2 amide bonds. The van der Waals surface area contributed by atoms with Crippen LogP contribution >= 0.6 is 23.2 Å². The van der Waals surface area contributed by atoms with Crippen LogP contribution in [-0.2, 0) is 16.0 Å². The zero-order chi connectivity index (χ0) is 20.1. The molecule has 1 aromatic heterocycles. The smallest absolute Gasteiger partial charge is 0.249 e. The maximum atomic E-state index is 12.2. The van der Waals surface area contributed by atoms with Crippen molar-refractivity contribution in [2.75, 3.05) is 10.6 Å². The van der Waals surface area contributed by atoms with Gasteiger partial charge in [0.25, 0.3) is 0 Å². The summed E-state index contributed by atoms with van der Waals surface area (Å²) in [6.45, 7) is 1.72. The molecule has 9 heteroatoms. The Hall–Kier alpha value is -2.90. The Bertz CT molecular complexity index is 974. The summed E-state index contributed by atoms with van der Waals surface area (Å²) < 4.78 is 1.47. The molecule has 0 fully saturated rings. The minimum absolute atomic E-state index is 0.171. The second-order valence-corrected chi connectivity index (χ2v) is 6.91. The molecular formula is C19H17Cl2N5O2. The fourth-order valence-electron chi connectivity index (χ4n) is 2.46. The number of nitrogens with one attached hydrogen (secondary N) is 2. The van der Waals surface area contributed by atoms with Crippen LogP contribution in [0.5, 0.6) is 0 Å². The van der Waals surface area contributed by atoms with Gasteiger partial charge >= 0.3 is 0 Å². The van der Waals surface area contributed by atoms with Gasteiger partial charge in [0, 0.05) is 11.4 Å². The number of carbonyl (C=O) groups excluding carboxylic acids is 2. The summed E-state index contributed by atoms with van der Waals surface area (Å²) in [5.74, 6) is -0.406. The van der Waals surface area contributed by atoms with Crippen molar-refractivity contribution < 1.29 is 9.59 Å². The minimum Gasteiger partial charge on any atom is -0.326 e. The zero-order valence-corrected chi connectivity index (χ0v) is 16.4. The lowest BCUT2D eigenvalue weighted by atomic mass is 10.1. The predicted molar refractivity (Wildman–Crippen MR) is 109 cm³/mol. The van der Waals surface area contributed by atoms with E-state index >= 15 is 0 Å². The number of benzene rings is 2. The van der Waals surface area contributed by atoms with E-state index in [4.69, 9.17) is 23.2 Å². The number of nitrogens with zero attached hydrogens (tertiary/aromatic N) is 3. The first-order chi connectivity index (χ1) is 13.4. The predicted octanol–water partition coefficient (Wildman–Crippen LogP) is 3.97. The topological polar surface area (TPSA) is 88.9 Å². The molecule has 2 aromatic carbocycles. The average Bonchev–Trinajstić information content (AvgIpc) is 3.20. The number of hydrogen-bond donors (Lipinski definition) is 2. The summed E-state index contributed by atoms with van der Waals surface area (Å²) >= 11 is 11.8. The van der Waals surface area contributed by atoms with Gasteiger partial charge in [-0.25, -0.2) is 9.67 Å². The second kappa shape index (κ2) is 8.86. The van der Waals surface area contributed by atoms with Crippen molar-refractivity contribution in [3.63, 3.8) is 0 Å². The van der Waals surface area contributed by atoms with Crippen LogP contribution in [0.1, 0.15) is 18.5 Å². The third-order valence-electron chi connectivity index (χ3n) is 4.00. The highest BCUT2D eigenvalue weighted by atomic mass is 35.5. The van der Waals surface area contributed by atoms with Crippen LogP contribution in [0.25, 0.3) is 0 Å². The summed E-state index contributed by atoms with van der Waals surface area (Å²) in [4.78, 5) is 28.3. The van der Waals surface area contributed by atoms with E-state index in [1.54, 1.807) is 49.4 Å². The van der Waals surface area contributed by atoms with Gasteiger partial charge in [-0.3, -0.25) is 9.59 Å². The molecule has 0 aliphatic heterocycles. The molecule has 144 valence electrons. The van der Waals surface area contributed by atoms with Crippen LogP contribution in [0.4, 0.5) is 11.4 Å². The number of aromatic nitrogens is 3. The highest BCUT2D eigenvalue weighted by molar-refractivity contribution is 6.42. The fraction of sp³-hybridized carbons (Fsp3) is 0.158. The first kappa shape index (κ1) is 19.9. The number of rotatable bonds is 6.